The molecule has 0 saturated heterocycles. The van der Waals surface area contributed by atoms with Crippen molar-refractivity contribution in [1.29, 1.82) is 0 Å². The first-order chi connectivity index (χ1) is 12.4. The second kappa shape index (κ2) is 7.22. The van der Waals surface area contributed by atoms with Gasteiger partial charge in [0.1, 0.15) is 5.69 Å². The summed E-state index contributed by atoms with van der Waals surface area (Å²) in [5, 5.41) is 4.25. The van der Waals surface area contributed by atoms with Gasteiger partial charge in [-0.3, -0.25) is 9.55 Å². The van der Waals surface area contributed by atoms with Crippen LogP contribution in [0, 0.1) is 6.92 Å². The third-order valence-corrected chi connectivity index (χ3v) is 5.36. The van der Waals surface area contributed by atoms with E-state index in [1.54, 1.807) is 49.6 Å². The SMILES string of the molecule is Cc1ccc(S(=O)(=O)NCCn2nc(-c3ccccn3)n(C)c2=O)cc1. The number of hydrogen-bond acceptors (Lipinski definition) is 5. The number of benzene rings is 1. The smallest absolute Gasteiger partial charge is 0.277 e. The van der Waals surface area contributed by atoms with Gasteiger partial charge in [-0.15, -0.1) is 5.10 Å². The molecular formula is C17H19N5O3S. The normalized spacial score (nSPS) is 11.6. The van der Waals surface area contributed by atoms with Gasteiger partial charge >= 0.3 is 5.69 Å². The Balaban J connectivity index is 1.73. The Bertz CT molecular complexity index is 1050. The fraction of sp³-hybridized carbons (Fsp3) is 0.235. The van der Waals surface area contributed by atoms with Gasteiger partial charge in [-0.05, 0) is 31.2 Å². The van der Waals surface area contributed by atoms with Gasteiger partial charge in [-0.2, -0.15) is 0 Å². The average molecular weight is 373 g/mol. The summed E-state index contributed by atoms with van der Waals surface area (Å²) in [4.78, 5) is 16.7. The minimum Gasteiger partial charge on any atom is -0.277 e. The molecule has 0 unspecified atom stereocenters. The zero-order valence-corrected chi connectivity index (χ0v) is 15.3. The molecule has 0 atom stereocenters. The number of sulfonamides is 1. The molecule has 26 heavy (non-hydrogen) atoms. The van der Waals surface area contributed by atoms with Gasteiger partial charge in [0.25, 0.3) is 0 Å². The van der Waals surface area contributed by atoms with Gasteiger partial charge in [0.05, 0.1) is 11.4 Å². The molecule has 0 aliphatic rings. The van der Waals surface area contributed by atoms with Crippen LogP contribution >= 0.6 is 0 Å². The number of nitrogens with one attached hydrogen (secondary N) is 1. The van der Waals surface area contributed by atoms with E-state index in [-0.39, 0.29) is 23.7 Å². The summed E-state index contributed by atoms with van der Waals surface area (Å²) in [7, 11) is -2.02. The van der Waals surface area contributed by atoms with E-state index in [4.69, 9.17) is 0 Å². The molecule has 2 heterocycles. The highest BCUT2D eigenvalue weighted by Gasteiger charge is 2.15. The fourth-order valence-corrected chi connectivity index (χ4v) is 3.46. The molecule has 0 saturated carbocycles. The molecule has 1 aromatic carbocycles. The lowest BCUT2D eigenvalue weighted by atomic mass is 10.2. The van der Waals surface area contributed by atoms with Gasteiger partial charge in [-0.1, -0.05) is 23.8 Å². The minimum absolute atomic E-state index is 0.0504. The van der Waals surface area contributed by atoms with Crippen molar-refractivity contribution in [1.82, 2.24) is 24.1 Å². The maximum atomic E-state index is 12.3. The number of nitrogens with zero attached hydrogens (tertiary/aromatic N) is 4. The minimum atomic E-state index is -3.63. The highest BCUT2D eigenvalue weighted by Crippen LogP contribution is 2.11. The summed E-state index contributed by atoms with van der Waals surface area (Å²) < 4.78 is 29.7. The van der Waals surface area contributed by atoms with E-state index in [0.717, 1.165) is 5.56 Å². The van der Waals surface area contributed by atoms with Crippen LogP contribution < -0.4 is 10.4 Å². The van der Waals surface area contributed by atoms with Crippen LogP contribution in [-0.4, -0.2) is 34.3 Å². The fourth-order valence-electron chi connectivity index (χ4n) is 2.44. The maximum absolute atomic E-state index is 12.3. The zero-order valence-electron chi connectivity index (χ0n) is 14.5. The van der Waals surface area contributed by atoms with E-state index in [1.165, 1.54) is 9.25 Å². The Morgan fingerprint density at radius 3 is 2.50 bits per heavy atom. The Morgan fingerprint density at radius 2 is 1.85 bits per heavy atom. The standard InChI is InChI=1S/C17H19N5O3S/c1-13-6-8-14(9-7-13)26(24,25)19-11-12-22-17(23)21(2)16(20-22)15-5-3-4-10-18-15/h3-10,19H,11-12H2,1-2H3. The second-order valence-corrected chi connectivity index (χ2v) is 7.58. The molecule has 0 spiro atoms. The van der Waals surface area contributed by atoms with E-state index in [0.29, 0.717) is 11.5 Å². The van der Waals surface area contributed by atoms with E-state index in [2.05, 4.69) is 14.8 Å². The van der Waals surface area contributed by atoms with Crippen molar-refractivity contribution in [3.05, 3.63) is 64.7 Å². The molecule has 1 N–H and O–H groups in total. The molecule has 136 valence electrons. The Hall–Kier alpha value is -2.78. The van der Waals surface area contributed by atoms with Crippen LogP contribution in [0.3, 0.4) is 0 Å². The number of rotatable bonds is 6. The largest absolute Gasteiger partial charge is 0.346 e. The monoisotopic (exact) mass is 373 g/mol. The van der Waals surface area contributed by atoms with E-state index >= 15 is 0 Å². The van der Waals surface area contributed by atoms with Crippen LogP contribution in [0.4, 0.5) is 0 Å². The second-order valence-electron chi connectivity index (χ2n) is 5.81. The molecule has 0 aliphatic heterocycles. The van der Waals surface area contributed by atoms with E-state index < -0.39 is 10.0 Å². The predicted molar refractivity (Wildman–Crippen MR) is 97.1 cm³/mol. The average Bonchev–Trinajstić information content (AvgIpc) is 2.91. The van der Waals surface area contributed by atoms with Crippen molar-refractivity contribution in [2.45, 2.75) is 18.4 Å². The van der Waals surface area contributed by atoms with Crippen molar-refractivity contribution in [3.63, 3.8) is 0 Å². The quantitative estimate of drug-likeness (QED) is 0.693. The lowest BCUT2D eigenvalue weighted by Gasteiger charge is -2.06. The van der Waals surface area contributed by atoms with Gasteiger partial charge in [0, 0.05) is 19.8 Å². The van der Waals surface area contributed by atoms with Crippen molar-refractivity contribution in [2.75, 3.05) is 6.54 Å². The molecule has 3 rings (SSSR count). The summed E-state index contributed by atoms with van der Waals surface area (Å²) in [5.41, 5.74) is 1.22. The van der Waals surface area contributed by atoms with Crippen LogP contribution in [0.1, 0.15) is 5.56 Å². The molecule has 0 bridgehead atoms. The van der Waals surface area contributed by atoms with E-state index in [1.807, 2.05) is 13.0 Å². The zero-order chi connectivity index (χ0) is 18.7. The predicted octanol–water partition coefficient (Wildman–Crippen LogP) is 0.931. The molecule has 0 fully saturated rings. The third kappa shape index (κ3) is 3.73. The maximum Gasteiger partial charge on any atom is 0.346 e. The first kappa shape index (κ1) is 18.0. The van der Waals surface area contributed by atoms with Crippen molar-refractivity contribution in [2.24, 2.45) is 7.05 Å². The summed E-state index contributed by atoms with van der Waals surface area (Å²) in [6.07, 6.45) is 1.62. The van der Waals surface area contributed by atoms with Crippen molar-refractivity contribution in [3.8, 4) is 11.5 Å². The van der Waals surface area contributed by atoms with Crippen LogP contribution in [0.25, 0.3) is 11.5 Å². The van der Waals surface area contributed by atoms with Gasteiger partial charge in [-0.25, -0.2) is 22.6 Å². The number of pyridine rings is 1. The highest BCUT2D eigenvalue weighted by molar-refractivity contribution is 7.89. The van der Waals surface area contributed by atoms with Gasteiger partial charge < -0.3 is 0 Å². The molecule has 9 heteroatoms. The van der Waals surface area contributed by atoms with Crippen molar-refractivity contribution < 1.29 is 8.42 Å². The molecular weight excluding hydrogens is 354 g/mol. The lowest BCUT2D eigenvalue weighted by molar-refractivity contribution is 0.551. The number of aryl methyl sites for hydroxylation is 1. The first-order valence-electron chi connectivity index (χ1n) is 8.00. The molecule has 0 amide bonds. The Kier molecular flexibility index (Phi) is 5.01. The van der Waals surface area contributed by atoms with Crippen LogP contribution in [0.5, 0.6) is 0 Å². The summed E-state index contributed by atoms with van der Waals surface area (Å²) >= 11 is 0. The number of aromatic nitrogens is 4. The Labute approximate surface area is 151 Å². The van der Waals surface area contributed by atoms with Gasteiger partial charge in [0.15, 0.2) is 5.82 Å². The first-order valence-corrected chi connectivity index (χ1v) is 9.48. The number of hydrogen-bond donors (Lipinski definition) is 1. The van der Waals surface area contributed by atoms with Crippen LogP contribution in [-0.2, 0) is 23.6 Å². The van der Waals surface area contributed by atoms with Gasteiger partial charge in [0.2, 0.25) is 10.0 Å². The third-order valence-electron chi connectivity index (χ3n) is 3.88. The molecule has 0 radical (unpaired) electrons. The Morgan fingerprint density at radius 1 is 1.12 bits per heavy atom. The summed E-state index contributed by atoms with van der Waals surface area (Å²) in [6.45, 7) is 2.05. The molecule has 0 aliphatic carbocycles. The molecule has 3 aromatic rings. The summed E-state index contributed by atoms with van der Waals surface area (Å²) in [5.74, 6) is 0.428. The van der Waals surface area contributed by atoms with Crippen LogP contribution in [0.15, 0.2) is 58.4 Å². The van der Waals surface area contributed by atoms with E-state index in [9.17, 15) is 13.2 Å². The van der Waals surface area contributed by atoms with Crippen LogP contribution in [0.2, 0.25) is 0 Å². The summed E-state index contributed by atoms with van der Waals surface area (Å²) in [6, 6.07) is 11.9. The highest BCUT2D eigenvalue weighted by atomic mass is 32.2. The lowest BCUT2D eigenvalue weighted by Crippen LogP contribution is -2.31. The molecule has 2 aromatic heterocycles. The van der Waals surface area contributed by atoms with Crippen molar-refractivity contribution >= 4 is 10.0 Å². The topological polar surface area (TPSA) is 98.9 Å². The molecule has 8 nitrogen and oxygen atoms in total.